The highest BCUT2D eigenvalue weighted by Gasteiger charge is 2.18. The van der Waals surface area contributed by atoms with Crippen molar-refractivity contribution in [3.8, 4) is 17.5 Å². The number of aromatic nitrogens is 3. The lowest BCUT2D eigenvalue weighted by Crippen LogP contribution is -2.02. The van der Waals surface area contributed by atoms with E-state index in [-0.39, 0.29) is 0 Å². The number of fused-ring (bicyclic) bond motifs is 1. The van der Waals surface area contributed by atoms with E-state index >= 15 is 0 Å². The van der Waals surface area contributed by atoms with Gasteiger partial charge in [0.25, 0.3) is 0 Å². The zero-order valence-electron chi connectivity index (χ0n) is 14.8. The van der Waals surface area contributed by atoms with Gasteiger partial charge in [0.2, 0.25) is 0 Å². The number of nitriles is 1. The first kappa shape index (κ1) is 16.0. The second-order valence-corrected chi connectivity index (χ2v) is 6.42. The average Bonchev–Trinajstić information content (AvgIpc) is 3.01. The van der Waals surface area contributed by atoms with Crippen molar-refractivity contribution < 1.29 is 0 Å². The van der Waals surface area contributed by atoms with Crippen LogP contribution in [0.5, 0.6) is 0 Å². The molecular formula is C22H18N4. The summed E-state index contributed by atoms with van der Waals surface area (Å²) in [6.45, 7) is 4.56. The molecule has 2 aromatic heterocycles. The maximum atomic E-state index is 9.64. The van der Waals surface area contributed by atoms with Gasteiger partial charge in [-0.05, 0) is 37.1 Å². The number of rotatable bonds is 3. The molecule has 0 unspecified atom stereocenters. The van der Waals surface area contributed by atoms with Crippen LogP contribution < -0.4 is 0 Å². The van der Waals surface area contributed by atoms with Crippen LogP contribution >= 0.6 is 0 Å². The molecule has 126 valence electrons. The Kier molecular flexibility index (Phi) is 3.98. The number of pyridine rings is 1. The molecule has 4 heteroatoms. The minimum atomic E-state index is 0.589. The molecule has 2 heterocycles. The molecule has 0 atom stereocenters. The number of aryl methyl sites for hydroxylation is 2. The summed E-state index contributed by atoms with van der Waals surface area (Å²) in [7, 11) is 0. The zero-order chi connectivity index (χ0) is 18.1. The number of nitrogens with zero attached hydrogens (tertiary/aromatic N) is 4. The van der Waals surface area contributed by atoms with E-state index in [0.717, 1.165) is 27.9 Å². The van der Waals surface area contributed by atoms with Gasteiger partial charge in [0.05, 0.1) is 17.6 Å². The lowest BCUT2D eigenvalue weighted by atomic mass is 10.0. The molecule has 0 aliphatic rings. The van der Waals surface area contributed by atoms with E-state index in [1.165, 1.54) is 5.56 Å². The molecule has 0 aliphatic heterocycles. The van der Waals surface area contributed by atoms with E-state index in [2.05, 4.69) is 29.3 Å². The Morgan fingerprint density at radius 1 is 0.962 bits per heavy atom. The van der Waals surface area contributed by atoms with E-state index in [0.29, 0.717) is 17.8 Å². The molecule has 0 fully saturated rings. The first-order valence-electron chi connectivity index (χ1n) is 8.55. The highest BCUT2D eigenvalue weighted by Crippen LogP contribution is 2.30. The highest BCUT2D eigenvalue weighted by molar-refractivity contribution is 5.93. The molecule has 4 rings (SSSR count). The largest absolute Gasteiger partial charge is 0.260 e. The van der Waals surface area contributed by atoms with Crippen molar-refractivity contribution in [2.45, 2.75) is 20.4 Å². The van der Waals surface area contributed by atoms with Gasteiger partial charge in [-0.25, -0.2) is 4.98 Å². The maximum Gasteiger partial charge on any atom is 0.120 e. The second-order valence-electron chi connectivity index (χ2n) is 6.42. The fourth-order valence-corrected chi connectivity index (χ4v) is 3.33. The van der Waals surface area contributed by atoms with Crippen LogP contribution in [0.25, 0.3) is 22.3 Å². The molecule has 0 spiro atoms. The Morgan fingerprint density at radius 3 is 2.46 bits per heavy atom. The Hall–Kier alpha value is -3.45. The van der Waals surface area contributed by atoms with E-state index in [1.54, 1.807) is 0 Å². The first-order chi connectivity index (χ1) is 12.7. The third-order valence-corrected chi connectivity index (χ3v) is 4.51. The molecule has 0 N–H and O–H groups in total. The summed E-state index contributed by atoms with van der Waals surface area (Å²) < 4.78 is 1.99. The molecular weight excluding hydrogens is 320 g/mol. The van der Waals surface area contributed by atoms with E-state index in [1.807, 2.05) is 61.0 Å². The van der Waals surface area contributed by atoms with Gasteiger partial charge in [0.15, 0.2) is 0 Å². The van der Waals surface area contributed by atoms with Crippen molar-refractivity contribution >= 4 is 10.9 Å². The predicted octanol–water partition coefficient (Wildman–Crippen LogP) is 4.64. The van der Waals surface area contributed by atoms with Crippen molar-refractivity contribution in [2.24, 2.45) is 0 Å². The average molecular weight is 338 g/mol. The number of hydrogen-bond donors (Lipinski definition) is 0. The molecule has 0 bridgehead atoms. The summed E-state index contributed by atoms with van der Waals surface area (Å²) in [5.74, 6) is 0. The number of benzene rings is 2. The molecule has 2 aromatic carbocycles. The Balaban J connectivity index is 1.94. The summed E-state index contributed by atoms with van der Waals surface area (Å²) in [6, 6.07) is 22.6. The van der Waals surface area contributed by atoms with Crippen molar-refractivity contribution in [1.29, 1.82) is 5.26 Å². The molecule has 0 saturated carbocycles. The quantitative estimate of drug-likeness (QED) is 0.547. The first-order valence-corrected chi connectivity index (χ1v) is 8.55. The highest BCUT2D eigenvalue weighted by atomic mass is 15.3. The van der Waals surface area contributed by atoms with Gasteiger partial charge in [-0.15, -0.1) is 0 Å². The van der Waals surface area contributed by atoms with Gasteiger partial charge >= 0.3 is 0 Å². The van der Waals surface area contributed by atoms with Gasteiger partial charge in [-0.2, -0.15) is 10.4 Å². The molecule has 0 saturated heterocycles. The Morgan fingerprint density at radius 2 is 1.69 bits per heavy atom. The predicted molar refractivity (Wildman–Crippen MR) is 103 cm³/mol. The van der Waals surface area contributed by atoms with Crippen LogP contribution in [0.1, 0.15) is 22.4 Å². The number of hydrogen-bond acceptors (Lipinski definition) is 3. The summed E-state index contributed by atoms with van der Waals surface area (Å²) in [5, 5.41) is 15.5. The monoisotopic (exact) mass is 338 g/mol. The van der Waals surface area contributed by atoms with Crippen LogP contribution in [0.3, 0.4) is 0 Å². The second kappa shape index (κ2) is 6.45. The number of para-hydroxylation sites is 1. The third kappa shape index (κ3) is 2.74. The standard InChI is InChI=1S/C22H18N4/c1-15-12-16(2)24-21(19(15)13-23)22-18-10-6-7-11-20(18)26(25-22)14-17-8-4-3-5-9-17/h3-12H,14H2,1-2H3. The minimum Gasteiger partial charge on any atom is -0.260 e. The molecule has 0 aliphatic carbocycles. The van der Waals surface area contributed by atoms with E-state index < -0.39 is 0 Å². The molecule has 4 aromatic rings. The van der Waals surface area contributed by atoms with Crippen LogP contribution in [0, 0.1) is 25.2 Å². The summed E-state index contributed by atoms with van der Waals surface area (Å²) in [5.41, 5.74) is 6.05. The van der Waals surface area contributed by atoms with Crippen LogP contribution in [0.2, 0.25) is 0 Å². The fraction of sp³-hybridized carbons (Fsp3) is 0.136. The van der Waals surface area contributed by atoms with Crippen molar-refractivity contribution in [2.75, 3.05) is 0 Å². The van der Waals surface area contributed by atoms with Crippen LogP contribution in [-0.4, -0.2) is 14.8 Å². The van der Waals surface area contributed by atoms with E-state index in [9.17, 15) is 5.26 Å². The molecule has 0 radical (unpaired) electrons. The van der Waals surface area contributed by atoms with Crippen LogP contribution in [-0.2, 0) is 6.54 Å². The van der Waals surface area contributed by atoms with Crippen molar-refractivity contribution in [1.82, 2.24) is 14.8 Å². The lowest BCUT2D eigenvalue weighted by Gasteiger charge is -2.06. The van der Waals surface area contributed by atoms with Crippen LogP contribution in [0.15, 0.2) is 60.7 Å². The normalized spacial score (nSPS) is 10.8. The summed E-state index contributed by atoms with van der Waals surface area (Å²) >= 11 is 0. The fourth-order valence-electron chi connectivity index (χ4n) is 3.33. The van der Waals surface area contributed by atoms with Gasteiger partial charge in [0, 0.05) is 11.1 Å². The third-order valence-electron chi connectivity index (χ3n) is 4.51. The van der Waals surface area contributed by atoms with Crippen molar-refractivity contribution in [3.05, 3.63) is 83.0 Å². The minimum absolute atomic E-state index is 0.589. The molecule has 4 nitrogen and oxygen atoms in total. The smallest absolute Gasteiger partial charge is 0.120 e. The van der Waals surface area contributed by atoms with Gasteiger partial charge in [-0.3, -0.25) is 4.68 Å². The van der Waals surface area contributed by atoms with Crippen molar-refractivity contribution in [3.63, 3.8) is 0 Å². The SMILES string of the molecule is Cc1cc(C)c(C#N)c(-c2nn(Cc3ccccc3)c3ccccc23)n1. The van der Waals surface area contributed by atoms with Gasteiger partial charge < -0.3 is 0 Å². The Bertz CT molecular complexity index is 1130. The summed E-state index contributed by atoms with van der Waals surface area (Å²) in [6.07, 6.45) is 0. The van der Waals surface area contributed by atoms with Crippen LogP contribution in [0.4, 0.5) is 0 Å². The maximum absolute atomic E-state index is 9.64. The summed E-state index contributed by atoms with van der Waals surface area (Å²) in [4.78, 5) is 4.65. The van der Waals surface area contributed by atoms with Gasteiger partial charge in [0.1, 0.15) is 17.5 Å². The lowest BCUT2D eigenvalue weighted by molar-refractivity contribution is 0.714. The topological polar surface area (TPSA) is 54.5 Å². The molecule has 26 heavy (non-hydrogen) atoms. The molecule has 0 amide bonds. The Labute approximate surface area is 152 Å². The van der Waals surface area contributed by atoms with E-state index in [4.69, 9.17) is 5.10 Å². The zero-order valence-corrected chi connectivity index (χ0v) is 14.8. The van der Waals surface area contributed by atoms with Gasteiger partial charge in [-0.1, -0.05) is 48.5 Å².